The lowest BCUT2D eigenvalue weighted by atomic mass is 9.66. The molecular formula is C32H43ClN2O5S. The van der Waals surface area contributed by atoms with Gasteiger partial charge >= 0.3 is 5.97 Å². The molecule has 0 radical (unpaired) electrons. The molecule has 9 heteroatoms. The molecule has 1 spiro atoms. The van der Waals surface area contributed by atoms with Crippen LogP contribution in [-0.4, -0.2) is 69.1 Å². The first-order chi connectivity index (χ1) is 19.5. The first-order valence-corrected chi connectivity index (χ1v) is 15.8. The van der Waals surface area contributed by atoms with Crippen LogP contribution >= 0.6 is 23.4 Å². The molecule has 3 aliphatic rings. The number of aryl methyl sites for hydroxylation is 1. The predicted octanol–water partition coefficient (Wildman–Crippen LogP) is 5.57. The summed E-state index contributed by atoms with van der Waals surface area (Å²) in [6, 6.07) is 4.03. The molecule has 0 aliphatic carbocycles. The summed E-state index contributed by atoms with van der Waals surface area (Å²) in [6.45, 7) is 15.7. The van der Waals surface area contributed by atoms with Crippen LogP contribution in [0.5, 0.6) is 0 Å². The van der Waals surface area contributed by atoms with Crippen LogP contribution < -0.4 is 4.90 Å². The lowest BCUT2D eigenvalue weighted by Crippen LogP contribution is -2.59. The second-order valence-electron chi connectivity index (χ2n) is 11.8. The third kappa shape index (κ3) is 5.25. The van der Waals surface area contributed by atoms with Crippen LogP contribution in [0.25, 0.3) is 0 Å². The smallest absolute Gasteiger partial charge is 0.311 e. The van der Waals surface area contributed by atoms with Gasteiger partial charge in [0, 0.05) is 11.3 Å². The number of carbonyl (C=O) groups is 3. The average molecular weight is 603 g/mol. The number of amides is 2. The third-order valence-corrected chi connectivity index (χ3v) is 11.7. The fraction of sp³-hybridized carbons (Fsp3) is 0.594. The van der Waals surface area contributed by atoms with Crippen molar-refractivity contribution in [2.45, 2.75) is 81.4 Å². The van der Waals surface area contributed by atoms with Crippen LogP contribution in [0.15, 0.2) is 43.5 Å². The lowest BCUT2D eigenvalue weighted by Gasteiger charge is -2.41. The van der Waals surface area contributed by atoms with Crippen molar-refractivity contribution in [3.8, 4) is 0 Å². The summed E-state index contributed by atoms with van der Waals surface area (Å²) < 4.78 is 4.36. The number of ether oxygens (including phenoxy) is 1. The summed E-state index contributed by atoms with van der Waals surface area (Å²) >= 11 is 8.26. The van der Waals surface area contributed by atoms with Crippen LogP contribution in [0, 0.1) is 24.7 Å². The van der Waals surface area contributed by atoms with Crippen LogP contribution in [0.2, 0.25) is 5.02 Å². The van der Waals surface area contributed by atoms with Crippen molar-refractivity contribution in [3.63, 3.8) is 0 Å². The Bertz CT molecular complexity index is 1190. The van der Waals surface area contributed by atoms with Gasteiger partial charge in [0.15, 0.2) is 0 Å². The topological polar surface area (TPSA) is 87.1 Å². The highest BCUT2D eigenvalue weighted by Crippen LogP contribution is 2.72. The highest BCUT2D eigenvalue weighted by molar-refractivity contribution is 8.02. The number of anilines is 1. The molecule has 41 heavy (non-hydrogen) atoms. The zero-order valence-electron chi connectivity index (χ0n) is 24.6. The fourth-order valence-corrected chi connectivity index (χ4v) is 9.84. The molecule has 7 nitrogen and oxygen atoms in total. The number of carbonyl (C=O) groups excluding carboxylic acids is 3. The van der Waals surface area contributed by atoms with Crippen LogP contribution in [0.1, 0.15) is 58.4 Å². The van der Waals surface area contributed by atoms with Crippen molar-refractivity contribution in [1.82, 2.24) is 4.90 Å². The van der Waals surface area contributed by atoms with E-state index in [1.54, 1.807) is 39.8 Å². The van der Waals surface area contributed by atoms with Crippen molar-refractivity contribution in [2.24, 2.45) is 17.8 Å². The number of thioether (sulfide) groups is 1. The van der Waals surface area contributed by atoms with E-state index in [-0.39, 0.29) is 43.5 Å². The third-order valence-electron chi connectivity index (χ3n) is 9.38. The number of fused-ring (bicyclic) bond motifs is 1. The summed E-state index contributed by atoms with van der Waals surface area (Å²) in [4.78, 5) is 46.3. The van der Waals surface area contributed by atoms with Gasteiger partial charge in [0.1, 0.15) is 6.04 Å². The van der Waals surface area contributed by atoms with E-state index < -0.39 is 33.4 Å². The number of esters is 1. The van der Waals surface area contributed by atoms with Crippen molar-refractivity contribution in [2.75, 3.05) is 24.7 Å². The number of rotatable bonds is 13. The Morgan fingerprint density at radius 2 is 2.05 bits per heavy atom. The van der Waals surface area contributed by atoms with Gasteiger partial charge in [0.05, 0.1) is 46.5 Å². The molecule has 0 aromatic heterocycles. The van der Waals surface area contributed by atoms with Gasteiger partial charge in [-0.1, -0.05) is 56.2 Å². The number of hydrogen-bond acceptors (Lipinski definition) is 6. The molecule has 7 atom stereocenters. The van der Waals surface area contributed by atoms with Gasteiger partial charge in [0.2, 0.25) is 5.91 Å². The molecule has 3 aliphatic heterocycles. The van der Waals surface area contributed by atoms with E-state index in [1.807, 2.05) is 39.8 Å². The molecule has 224 valence electrons. The number of aliphatic hydroxyl groups is 1. The molecule has 1 aromatic rings. The Labute approximate surface area is 253 Å². The van der Waals surface area contributed by atoms with E-state index in [2.05, 4.69) is 13.2 Å². The van der Waals surface area contributed by atoms with Crippen molar-refractivity contribution in [3.05, 3.63) is 54.1 Å². The van der Waals surface area contributed by atoms with E-state index >= 15 is 0 Å². The van der Waals surface area contributed by atoms with E-state index in [1.165, 1.54) is 0 Å². The van der Waals surface area contributed by atoms with E-state index in [4.69, 9.17) is 16.3 Å². The first kappa shape index (κ1) is 31.6. The first-order valence-electron chi connectivity index (χ1n) is 14.6. The highest BCUT2D eigenvalue weighted by Gasteiger charge is 2.78. The maximum atomic E-state index is 14.9. The normalized spacial score (nSPS) is 29.7. The zero-order chi connectivity index (χ0) is 30.1. The number of hydrogen-bond donors (Lipinski definition) is 1. The monoisotopic (exact) mass is 602 g/mol. The van der Waals surface area contributed by atoms with Crippen LogP contribution in [0.3, 0.4) is 0 Å². The van der Waals surface area contributed by atoms with Crippen LogP contribution in [-0.2, 0) is 19.1 Å². The van der Waals surface area contributed by atoms with Gasteiger partial charge in [-0.05, 0) is 57.1 Å². The standard InChI is InChI=1S/C32H43ClN2O5S/c1-7-10-11-18-40-30(39)25-24-28(37)35(23(19-36)20(4)9-3)27(32(24)16-15-31(25,6)41-32)29(38)34(17-8-2)26-21(5)13-12-14-22(26)33/h7-8,12-14,20,23-25,27,36H,1-2,9-11,15-19H2,3-6H3/t20-,23-,24-,25-,27?,31+,32?/m0/s1. The summed E-state index contributed by atoms with van der Waals surface area (Å²) in [5, 5.41) is 11.0. The summed E-state index contributed by atoms with van der Waals surface area (Å²) in [6.07, 6.45) is 6.84. The Morgan fingerprint density at radius 1 is 1.32 bits per heavy atom. The molecular weight excluding hydrogens is 560 g/mol. The number of para-hydroxylation sites is 1. The molecule has 2 bridgehead atoms. The molecule has 1 aromatic carbocycles. The molecule has 2 unspecified atom stereocenters. The minimum Gasteiger partial charge on any atom is -0.465 e. The minimum absolute atomic E-state index is 0.0635. The van der Waals surface area contributed by atoms with Gasteiger partial charge in [-0.2, -0.15) is 0 Å². The summed E-state index contributed by atoms with van der Waals surface area (Å²) in [5.74, 6) is -2.36. The number of likely N-dealkylation sites (tertiary alicyclic amines) is 1. The Balaban J connectivity index is 1.84. The van der Waals surface area contributed by atoms with Gasteiger partial charge in [0.25, 0.3) is 5.91 Å². The Morgan fingerprint density at radius 3 is 2.66 bits per heavy atom. The average Bonchev–Trinajstić information content (AvgIpc) is 3.51. The largest absolute Gasteiger partial charge is 0.465 e. The SMILES string of the molecule is C=CCCCOC(=O)[C@@H]1[C@H]2C(=O)N([C@@H](CO)[C@@H](C)CC)C(C(=O)N(CC=C)c3c(C)cccc3Cl)C23CC[C@@]1(C)S3. The van der Waals surface area contributed by atoms with Gasteiger partial charge in [-0.25, -0.2) is 0 Å². The number of nitrogens with zero attached hydrogens (tertiary/aromatic N) is 2. The predicted molar refractivity (Wildman–Crippen MR) is 165 cm³/mol. The van der Waals surface area contributed by atoms with Gasteiger partial charge < -0.3 is 19.6 Å². The van der Waals surface area contributed by atoms with Gasteiger partial charge in [-0.15, -0.1) is 24.9 Å². The molecule has 0 saturated carbocycles. The maximum Gasteiger partial charge on any atom is 0.311 e. The van der Waals surface area contributed by atoms with Crippen molar-refractivity contribution in [1.29, 1.82) is 0 Å². The number of allylic oxidation sites excluding steroid dienone is 1. The number of aliphatic hydroxyl groups excluding tert-OH is 1. The lowest BCUT2D eigenvalue weighted by molar-refractivity contribution is -0.156. The molecule has 3 fully saturated rings. The second-order valence-corrected chi connectivity index (χ2v) is 14.2. The zero-order valence-corrected chi connectivity index (χ0v) is 26.2. The molecule has 3 saturated heterocycles. The van der Waals surface area contributed by atoms with Crippen LogP contribution in [0.4, 0.5) is 5.69 Å². The summed E-state index contributed by atoms with van der Waals surface area (Å²) in [5.41, 5.74) is 1.41. The van der Waals surface area contributed by atoms with E-state index in [9.17, 15) is 19.5 Å². The number of unbranched alkanes of at least 4 members (excludes halogenated alkanes) is 1. The van der Waals surface area contributed by atoms with Crippen molar-refractivity contribution < 1.29 is 24.2 Å². The quantitative estimate of drug-likeness (QED) is 0.181. The fourth-order valence-electron chi connectivity index (χ4n) is 7.20. The molecule has 3 heterocycles. The van der Waals surface area contributed by atoms with E-state index in [0.29, 0.717) is 36.4 Å². The molecule has 1 N–H and O–H groups in total. The Kier molecular flexibility index (Phi) is 9.66. The van der Waals surface area contributed by atoms with Gasteiger partial charge in [-0.3, -0.25) is 14.4 Å². The maximum absolute atomic E-state index is 14.9. The highest BCUT2D eigenvalue weighted by atomic mass is 35.5. The second kappa shape index (κ2) is 12.5. The summed E-state index contributed by atoms with van der Waals surface area (Å²) in [7, 11) is 0. The minimum atomic E-state index is -0.882. The van der Waals surface area contributed by atoms with E-state index in [0.717, 1.165) is 12.0 Å². The van der Waals surface area contributed by atoms with Crippen molar-refractivity contribution >= 4 is 46.8 Å². The molecule has 2 amide bonds. The molecule has 4 rings (SSSR count). The Hall–Kier alpha value is -2.29. The number of halogens is 1. The number of benzene rings is 1.